The van der Waals surface area contributed by atoms with Crippen LogP contribution >= 0.6 is 11.3 Å². The van der Waals surface area contributed by atoms with E-state index in [1.165, 1.54) is 11.3 Å². The van der Waals surface area contributed by atoms with E-state index >= 15 is 0 Å². The molecule has 26 heavy (non-hydrogen) atoms. The fraction of sp³-hybridized carbons (Fsp3) is 0.190. The molecule has 0 amide bonds. The van der Waals surface area contributed by atoms with Gasteiger partial charge in [-0.15, -0.1) is 11.3 Å². The van der Waals surface area contributed by atoms with Crippen molar-refractivity contribution >= 4 is 28.7 Å². The van der Waals surface area contributed by atoms with Gasteiger partial charge in [-0.1, -0.05) is 30.3 Å². The first-order valence-electron chi connectivity index (χ1n) is 8.57. The number of benzene rings is 1. The molecule has 128 valence electrons. The Balaban J connectivity index is 1.77. The van der Waals surface area contributed by atoms with E-state index in [2.05, 4.69) is 0 Å². The number of thiophene rings is 1. The minimum absolute atomic E-state index is 0.00954. The Hall–Kier alpha value is -2.79. The maximum Gasteiger partial charge on any atom is 0.229 e. The molecule has 0 spiro atoms. The highest BCUT2D eigenvalue weighted by Gasteiger charge is 2.46. The van der Waals surface area contributed by atoms with Crippen LogP contribution in [-0.2, 0) is 9.53 Å². The lowest BCUT2D eigenvalue weighted by molar-refractivity contribution is -0.116. The fourth-order valence-corrected chi connectivity index (χ4v) is 4.85. The van der Waals surface area contributed by atoms with Gasteiger partial charge < -0.3 is 4.74 Å². The summed E-state index contributed by atoms with van der Waals surface area (Å²) in [5.41, 5.74) is 1.62. The predicted molar refractivity (Wildman–Crippen MR) is 96.2 cm³/mol. The Kier molecular flexibility index (Phi) is 3.34. The molecule has 4 nitrogen and oxygen atoms in total. The number of rotatable bonds is 1. The Bertz CT molecular complexity index is 1040. The Labute approximate surface area is 153 Å². The molecule has 2 heterocycles. The van der Waals surface area contributed by atoms with Crippen LogP contribution in [0.15, 0.2) is 64.4 Å². The van der Waals surface area contributed by atoms with Gasteiger partial charge in [0.2, 0.25) is 5.78 Å². The lowest BCUT2D eigenvalue weighted by atomic mass is 9.74. The van der Waals surface area contributed by atoms with Crippen LogP contribution in [0.1, 0.15) is 50.8 Å². The molecule has 2 aromatic rings. The Morgan fingerprint density at radius 2 is 1.65 bits per heavy atom. The van der Waals surface area contributed by atoms with Gasteiger partial charge in [0.05, 0.1) is 11.5 Å². The molecule has 5 rings (SSSR count). The normalized spacial score (nSPS) is 22.0. The summed E-state index contributed by atoms with van der Waals surface area (Å²) >= 11 is 1.49. The van der Waals surface area contributed by atoms with Crippen molar-refractivity contribution in [3.63, 3.8) is 0 Å². The van der Waals surface area contributed by atoms with Gasteiger partial charge in [0, 0.05) is 34.4 Å². The van der Waals surface area contributed by atoms with E-state index in [0.717, 1.165) is 4.88 Å². The van der Waals surface area contributed by atoms with Gasteiger partial charge in [-0.3, -0.25) is 14.4 Å². The zero-order valence-corrected chi connectivity index (χ0v) is 14.6. The van der Waals surface area contributed by atoms with E-state index in [4.69, 9.17) is 4.74 Å². The monoisotopic (exact) mass is 362 g/mol. The van der Waals surface area contributed by atoms with Crippen molar-refractivity contribution in [3.8, 4) is 0 Å². The van der Waals surface area contributed by atoms with Crippen LogP contribution in [0.3, 0.4) is 0 Å². The zero-order valence-electron chi connectivity index (χ0n) is 13.8. The minimum Gasteiger partial charge on any atom is -0.457 e. The average molecular weight is 362 g/mol. The van der Waals surface area contributed by atoms with Gasteiger partial charge in [0.1, 0.15) is 5.76 Å². The van der Waals surface area contributed by atoms with Crippen LogP contribution in [0.2, 0.25) is 0 Å². The van der Waals surface area contributed by atoms with Crippen molar-refractivity contribution in [2.24, 2.45) is 0 Å². The number of allylic oxidation sites excluding steroid dienone is 4. The highest BCUT2D eigenvalue weighted by molar-refractivity contribution is 7.10. The predicted octanol–water partition coefficient (Wildman–Crippen LogP) is 4.20. The molecule has 0 saturated heterocycles. The SMILES string of the molecule is O=C1CCCC2=C1C(c1cccs1)C1=C(O2)C(=O)c2ccccc2C1=O. The number of ether oxygens (including phenoxy) is 1. The molecule has 1 atom stereocenters. The van der Waals surface area contributed by atoms with Gasteiger partial charge >= 0.3 is 0 Å². The second-order valence-corrected chi connectivity index (χ2v) is 7.59. The number of ketones is 3. The van der Waals surface area contributed by atoms with E-state index in [1.54, 1.807) is 24.3 Å². The fourth-order valence-electron chi connectivity index (χ4n) is 4.01. The summed E-state index contributed by atoms with van der Waals surface area (Å²) in [5, 5.41) is 1.92. The molecule has 1 unspecified atom stereocenters. The van der Waals surface area contributed by atoms with Gasteiger partial charge in [0.15, 0.2) is 17.3 Å². The molecule has 0 bridgehead atoms. The molecule has 0 N–H and O–H groups in total. The van der Waals surface area contributed by atoms with Crippen molar-refractivity contribution in [2.75, 3.05) is 0 Å². The van der Waals surface area contributed by atoms with Crippen molar-refractivity contribution in [3.05, 3.63) is 80.4 Å². The molecule has 0 saturated carbocycles. The molecule has 0 radical (unpaired) electrons. The Morgan fingerprint density at radius 1 is 0.885 bits per heavy atom. The third kappa shape index (κ3) is 2.04. The molecule has 1 aromatic carbocycles. The lowest BCUT2D eigenvalue weighted by Gasteiger charge is -2.35. The standard InChI is InChI=1S/C21H14O4S/c22-13-7-3-8-14-16(13)17(15-9-4-10-26-15)18-19(23)11-5-1-2-6-12(11)20(24)21(18)25-14/h1-2,4-6,9-10,17H,3,7-8H2. The van der Waals surface area contributed by atoms with Crippen LogP contribution in [-0.4, -0.2) is 17.3 Å². The summed E-state index contributed by atoms with van der Waals surface area (Å²) in [7, 11) is 0. The Morgan fingerprint density at radius 3 is 2.38 bits per heavy atom. The van der Waals surface area contributed by atoms with E-state index in [9.17, 15) is 14.4 Å². The first-order chi connectivity index (χ1) is 12.7. The summed E-state index contributed by atoms with van der Waals surface area (Å²) in [6.07, 6.45) is 1.77. The number of Topliss-reactive ketones (excluding diaryl/α,β-unsaturated/α-hetero) is 3. The van der Waals surface area contributed by atoms with E-state index in [-0.39, 0.29) is 23.1 Å². The van der Waals surface area contributed by atoms with E-state index in [1.807, 2.05) is 17.5 Å². The first kappa shape index (κ1) is 15.5. The number of fused-ring (bicyclic) bond motifs is 1. The molecule has 0 fully saturated rings. The van der Waals surface area contributed by atoms with Crippen LogP contribution in [0.25, 0.3) is 0 Å². The highest BCUT2D eigenvalue weighted by atomic mass is 32.1. The number of hydrogen-bond acceptors (Lipinski definition) is 5. The summed E-state index contributed by atoms with van der Waals surface area (Å²) in [5.74, 6) is -0.346. The topological polar surface area (TPSA) is 60.4 Å². The van der Waals surface area contributed by atoms with Gasteiger partial charge in [-0.2, -0.15) is 0 Å². The van der Waals surface area contributed by atoms with Crippen LogP contribution in [0, 0.1) is 0 Å². The number of carbonyl (C=O) groups excluding carboxylic acids is 3. The van der Waals surface area contributed by atoms with Crippen molar-refractivity contribution in [1.29, 1.82) is 0 Å². The summed E-state index contributed by atoms with van der Waals surface area (Å²) in [6, 6.07) is 10.6. The molecule has 1 aromatic heterocycles. The quantitative estimate of drug-likeness (QED) is 0.763. The minimum atomic E-state index is -0.508. The van der Waals surface area contributed by atoms with Crippen LogP contribution < -0.4 is 0 Å². The third-order valence-corrected chi connectivity index (χ3v) is 6.09. The smallest absolute Gasteiger partial charge is 0.229 e. The second-order valence-electron chi connectivity index (χ2n) is 6.61. The van der Waals surface area contributed by atoms with Crippen molar-refractivity contribution in [2.45, 2.75) is 25.2 Å². The van der Waals surface area contributed by atoms with Crippen molar-refractivity contribution in [1.82, 2.24) is 0 Å². The van der Waals surface area contributed by atoms with Crippen LogP contribution in [0.4, 0.5) is 0 Å². The van der Waals surface area contributed by atoms with Gasteiger partial charge in [0.25, 0.3) is 0 Å². The maximum atomic E-state index is 13.3. The van der Waals surface area contributed by atoms with Gasteiger partial charge in [-0.05, 0) is 17.9 Å². The summed E-state index contributed by atoms with van der Waals surface area (Å²) in [6.45, 7) is 0. The number of hydrogen-bond donors (Lipinski definition) is 0. The van der Waals surface area contributed by atoms with Crippen LogP contribution in [0.5, 0.6) is 0 Å². The molecule has 1 aliphatic heterocycles. The average Bonchev–Trinajstić information content (AvgIpc) is 3.19. The summed E-state index contributed by atoms with van der Waals surface area (Å²) < 4.78 is 5.91. The molecular weight excluding hydrogens is 348 g/mol. The highest BCUT2D eigenvalue weighted by Crippen LogP contribution is 2.48. The molecule has 5 heteroatoms. The first-order valence-corrected chi connectivity index (χ1v) is 9.45. The molecular formula is C21H14O4S. The van der Waals surface area contributed by atoms with E-state index < -0.39 is 5.92 Å². The van der Waals surface area contributed by atoms with Crippen molar-refractivity contribution < 1.29 is 19.1 Å². The maximum absolute atomic E-state index is 13.3. The number of carbonyl (C=O) groups is 3. The van der Waals surface area contributed by atoms with Gasteiger partial charge in [-0.25, -0.2) is 0 Å². The second kappa shape index (κ2) is 5.61. The third-order valence-electron chi connectivity index (χ3n) is 5.15. The van der Waals surface area contributed by atoms with E-state index in [0.29, 0.717) is 47.3 Å². The summed E-state index contributed by atoms with van der Waals surface area (Å²) in [4.78, 5) is 39.9. The zero-order chi connectivity index (χ0) is 17.8. The molecule has 2 aliphatic carbocycles. The molecule has 3 aliphatic rings. The lowest BCUT2D eigenvalue weighted by Crippen LogP contribution is -2.33. The largest absolute Gasteiger partial charge is 0.457 e.